The highest BCUT2D eigenvalue weighted by atomic mass is 79.9. The van der Waals surface area contributed by atoms with Crippen molar-refractivity contribution in [3.8, 4) is 11.5 Å². The average molecular weight is 472 g/mol. The number of ether oxygens (including phenoxy) is 2. The quantitative estimate of drug-likeness (QED) is 0.730. The van der Waals surface area contributed by atoms with Crippen molar-refractivity contribution >= 4 is 33.5 Å². The van der Waals surface area contributed by atoms with E-state index >= 15 is 0 Å². The Bertz CT molecular complexity index is 1110. The first-order chi connectivity index (χ1) is 14.2. The third-order valence-electron chi connectivity index (χ3n) is 6.31. The zero-order valence-electron chi connectivity index (χ0n) is 17.0. The fourth-order valence-corrected chi connectivity index (χ4v) is 5.76. The molecule has 5 rings (SSSR count). The number of rotatable bonds is 3. The van der Waals surface area contributed by atoms with Crippen molar-refractivity contribution in [1.82, 2.24) is 0 Å². The van der Waals surface area contributed by atoms with Crippen molar-refractivity contribution in [3.05, 3.63) is 51.5 Å². The fourth-order valence-electron chi connectivity index (χ4n) is 5.07. The lowest BCUT2D eigenvalue weighted by molar-refractivity contribution is -0.140. The second-order valence-corrected chi connectivity index (χ2v) is 9.61. The summed E-state index contributed by atoms with van der Waals surface area (Å²) in [5.41, 5.74) is 1.82. The third kappa shape index (κ3) is 2.41. The van der Waals surface area contributed by atoms with Gasteiger partial charge in [-0.2, -0.15) is 0 Å². The molecule has 7 heteroatoms. The van der Waals surface area contributed by atoms with Crippen LogP contribution in [0.5, 0.6) is 11.5 Å². The molecule has 0 fully saturated rings. The number of fused-ring (bicyclic) bond motifs is 5. The molecule has 0 bridgehead atoms. The second-order valence-electron chi connectivity index (χ2n) is 8.76. The Labute approximate surface area is 182 Å². The van der Waals surface area contributed by atoms with E-state index in [9.17, 15) is 14.7 Å². The first kappa shape index (κ1) is 19.4. The number of anilines is 1. The number of benzene rings is 2. The van der Waals surface area contributed by atoms with Crippen molar-refractivity contribution in [3.63, 3.8) is 0 Å². The van der Waals surface area contributed by atoms with Gasteiger partial charge in [-0.05, 0) is 44.0 Å². The Morgan fingerprint density at radius 2 is 2.07 bits per heavy atom. The summed E-state index contributed by atoms with van der Waals surface area (Å²) in [6, 6.07) is 8.47. The number of carbonyl (C=O) groups excluding carboxylic acids is 1. The summed E-state index contributed by atoms with van der Waals surface area (Å²) < 4.78 is 12.8. The minimum Gasteiger partial charge on any atom is -0.491 e. The molecule has 2 aromatic rings. The lowest BCUT2D eigenvalue weighted by atomic mass is 9.76. The summed E-state index contributed by atoms with van der Waals surface area (Å²) in [7, 11) is 0. The molecule has 2 aromatic carbocycles. The molecule has 0 aliphatic carbocycles. The molecule has 2 atom stereocenters. The smallest absolute Gasteiger partial charge is 0.326 e. The minimum absolute atomic E-state index is 0.135. The summed E-state index contributed by atoms with van der Waals surface area (Å²) in [5, 5.41) is 9.80. The van der Waals surface area contributed by atoms with E-state index in [1.165, 1.54) is 4.90 Å². The van der Waals surface area contributed by atoms with Crippen LogP contribution in [-0.2, 0) is 21.4 Å². The van der Waals surface area contributed by atoms with Crippen LogP contribution >= 0.6 is 15.9 Å². The minimum atomic E-state index is -1.07. The summed E-state index contributed by atoms with van der Waals surface area (Å²) in [4.78, 5) is 27.4. The van der Waals surface area contributed by atoms with Crippen LogP contribution in [0, 0.1) is 0 Å². The summed E-state index contributed by atoms with van der Waals surface area (Å²) >= 11 is 3.62. The first-order valence-corrected chi connectivity index (χ1v) is 10.8. The lowest BCUT2D eigenvalue weighted by Gasteiger charge is -2.27. The van der Waals surface area contributed by atoms with E-state index in [1.54, 1.807) is 6.92 Å². The molecule has 0 saturated carbocycles. The molecule has 0 aromatic heterocycles. The predicted molar refractivity (Wildman–Crippen MR) is 114 cm³/mol. The van der Waals surface area contributed by atoms with Crippen molar-refractivity contribution < 1.29 is 24.2 Å². The number of hydrogen-bond acceptors (Lipinski definition) is 4. The number of carboxylic acid groups (broad SMARTS) is 1. The number of carbonyl (C=O) groups is 2. The van der Waals surface area contributed by atoms with Gasteiger partial charge in [0.25, 0.3) is 0 Å². The maximum absolute atomic E-state index is 14.0. The molecule has 0 saturated heterocycles. The van der Waals surface area contributed by atoms with Gasteiger partial charge in [0.2, 0.25) is 5.91 Å². The second kappa shape index (κ2) is 6.23. The maximum atomic E-state index is 14.0. The van der Waals surface area contributed by atoms with Gasteiger partial charge >= 0.3 is 5.97 Å². The van der Waals surface area contributed by atoms with Gasteiger partial charge in [-0.3, -0.25) is 9.69 Å². The van der Waals surface area contributed by atoms with Crippen LogP contribution in [0.2, 0.25) is 0 Å². The average Bonchev–Trinajstić information content (AvgIpc) is 3.26. The molecule has 2 unspecified atom stereocenters. The van der Waals surface area contributed by atoms with Gasteiger partial charge in [0.05, 0.1) is 5.69 Å². The topological polar surface area (TPSA) is 76.1 Å². The maximum Gasteiger partial charge on any atom is 0.326 e. The van der Waals surface area contributed by atoms with E-state index in [0.29, 0.717) is 17.9 Å². The Morgan fingerprint density at radius 3 is 2.77 bits per heavy atom. The highest BCUT2D eigenvalue weighted by molar-refractivity contribution is 9.10. The van der Waals surface area contributed by atoms with Crippen molar-refractivity contribution in [2.45, 2.75) is 50.7 Å². The van der Waals surface area contributed by atoms with Gasteiger partial charge in [-0.1, -0.05) is 28.9 Å². The van der Waals surface area contributed by atoms with E-state index < -0.39 is 17.4 Å². The Morgan fingerprint density at radius 1 is 1.30 bits per heavy atom. The molecule has 3 heterocycles. The number of hydrogen-bond donors (Lipinski definition) is 1. The number of amides is 1. The van der Waals surface area contributed by atoms with E-state index in [-0.39, 0.29) is 18.1 Å². The van der Waals surface area contributed by atoms with E-state index in [2.05, 4.69) is 15.9 Å². The van der Waals surface area contributed by atoms with Crippen LogP contribution in [-0.4, -0.2) is 35.2 Å². The van der Waals surface area contributed by atoms with Crippen molar-refractivity contribution in [2.24, 2.45) is 0 Å². The Hall–Kier alpha value is -2.54. The molecule has 3 aliphatic rings. The zero-order chi connectivity index (χ0) is 21.4. The van der Waals surface area contributed by atoms with Crippen LogP contribution < -0.4 is 14.4 Å². The third-order valence-corrected chi connectivity index (χ3v) is 6.98. The van der Waals surface area contributed by atoms with Crippen LogP contribution in [0.1, 0.15) is 43.9 Å². The molecule has 1 spiro atoms. The number of nitrogens with zero attached hydrogens (tertiary/aromatic N) is 1. The molecule has 156 valence electrons. The van der Waals surface area contributed by atoms with Gasteiger partial charge < -0.3 is 14.6 Å². The highest BCUT2D eigenvalue weighted by Gasteiger charge is 2.60. The van der Waals surface area contributed by atoms with Crippen LogP contribution in [0.3, 0.4) is 0 Å². The Balaban J connectivity index is 1.74. The van der Waals surface area contributed by atoms with Crippen LogP contribution in [0.15, 0.2) is 34.8 Å². The van der Waals surface area contributed by atoms with Crippen molar-refractivity contribution in [2.75, 3.05) is 11.5 Å². The Kier molecular flexibility index (Phi) is 4.04. The van der Waals surface area contributed by atoms with Gasteiger partial charge in [-0.15, -0.1) is 0 Å². The highest BCUT2D eigenvalue weighted by Crippen LogP contribution is 2.56. The predicted octanol–water partition coefficient (Wildman–Crippen LogP) is 4.05. The van der Waals surface area contributed by atoms with E-state index in [1.807, 2.05) is 44.2 Å². The molecule has 0 radical (unpaired) electrons. The number of carboxylic acids is 1. The van der Waals surface area contributed by atoms with Crippen LogP contribution in [0.4, 0.5) is 5.69 Å². The SMILES string of the molecule is CCC(C(=O)O)N1C(=O)C2(COc3cc4c(cc32)CC(C)(C)O4)c2c(Br)cccc21. The monoisotopic (exact) mass is 471 g/mol. The zero-order valence-corrected chi connectivity index (χ0v) is 18.6. The summed E-state index contributed by atoms with van der Waals surface area (Å²) in [5.74, 6) is 0.127. The van der Waals surface area contributed by atoms with Gasteiger partial charge in [0.1, 0.15) is 35.2 Å². The summed E-state index contributed by atoms with van der Waals surface area (Å²) in [6.45, 7) is 5.97. The normalized spacial score (nSPS) is 23.6. The molecule has 1 N–H and O–H groups in total. The first-order valence-electron chi connectivity index (χ1n) is 10.0. The molecule has 6 nitrogen and oxygen atoms in total. The number of aliphatic carboxylic acids is 1. The van der Waals surface area contributed by atoms with Gasteiger partial charge in [0.15, 0.2) is 0 Å². The standard InChI is InChI=1S/C23H22BrNO5/c1-4-15(20(26)27)25-16-7-5-6-14(24)19(16)23(21(25)28)11-29-18-9-17-12(8-13(18)23)10-22(2,3)30-17/h5-9,15H,4,10-11H2,1-3H3,(H,26,27). The molecule has 3 aliphatic heterocycles. The van der Waals surface area contributed by atoms with Crippen molar-refractivity contribution in [1.29, 1.82) is 0 Å². The lowest BCUT2D eigenvalue weighted by Crippen LogP contribution is -2.49. The molecular weight excluding hydrogens is 450 g/mol. The van der Waals surface area contributed by atoms with E-state index in [0.717, 1.165) is 33.3 Å². The number of halogens is 1. The van der Waals surface area contributed by atoms with E-state index in [4.69, 9.17) is 9.47 Å². The summed E-state index contributed by atoms with van der Waals surface area (Å²) in [6.07, 6.45) is 1.04. The van der Waals surface area contributed by atoms with Gasteiger partial charge in [0, 0.05) is 28.1 Å². The molecular formula is C23H22BrNO5. The largest absolute Gasteiger partial charge is 0.491 e. The van der Waals surface area contributed by atoms with Gasteiger partial charge in [-0.25, -0.2) is 4.79 Å². The van der Waals surface area contributed by atoms with Crippen LogP contribution in [0.25, 0.3) is 0 Å². The fraction of sp³-hybridized carbons (Fsp3) is 0.391. The molecule has 30 heavy (non-hydrogen) atoms. The molecule has 1 amide bonds.